The van der Waals surface area contributed by atoms with E-state index in [1.165, 1.54) is 6.08 Å². The van der Waals surface area contributed by atoms with Crippen LogP contribution < -0.4 is 5.32 Å². The number of halogens is 3. The third kappa shape index (κ3) is 4.52. The summed E-state index contributed by atoms with van der Waals surface area (Å²) >= 11 is 18.9. The molecule has 1 N–H and O–H groups in total. The smallest absolute Gasteiger partial charge is 0.294 e. The minimum Gasteiger partial charge on any atom is -0.324 e. The molecule has 0 spiro atoms. The molecule has 9 heteroatoms. The van der Waals surface area contributed by atoms with E-state index in [4.69, 9.17) is 34.8 Å². The van der Waals surface area contributed by atoms with Crippen LogP contribution in [0.1, 0.15) is 11.1 Å². The molecule has 3 amide bonds. The standard InChI is InChI=1S/C19H13Cl3N2O3S/c1-10-5-6-11(20)7-15(10)23-17(25)9-24-18(26)16(28-19(24)27)8-12-13(21)3-2-4-14(12)22/h2-8H,9H2,1H3,(H,23,25)/b16-8+. The molecule has 1 aliphatic heterocycles. The maximum Gasteiger partial charge on any atom is 0.294 e. The Morgan fingerprint density at radius 3 is 2.50 bits per heavy atom. The molecule has 144 valence electrons. The minimum absolute atomic E-state index is 0.145. The summed E-state index contributed by atoms with van der Waals surface area (Å²) in [4.78, 5) is 38.1. The number of benzene rings is 2. The summed E-state index contributed by atoms with van der Waals surface area (Å²) in [6.07, 6.45) is 1.45. The number of carbonyl (C=O) groups is 3. The summed E-state index contributed by atoms with van der Waals surface area (Å²) < 4.78 is 0. The van der Waals surface area contributed by atoms with Gasteiger partial charge in [-0.3, -0.25) is 19.3 Å². The number of aryl methyl sites for hydroxylation is 1. The van der Waals surface area contributed by atoms with Gasteiger partial charge in [-0.05, 0) is 54.6 Å². The molecule has 0 saturated carbocycles. The van der Waals surface area contributed by atoms with E-state index in [1.807, 2.05) is 6.92 Å². The highest BCUT2D eigenvalue weighted by Crippen LogP contribution is 2.35. The van der Waals surface area contributed by atoms with Gasteiger partial charge in [0.25, 0.3) is 11.1 Å². The van der Waals surface area contributed by atoms with Crippen molar-refractivity contribution in [3.8, 4) is 0 Å². The fraction of sp³-hybridized carbons (Fsp3) is 0.105. The van der Waals surface area contributed by atoms with E-state index in [0.717, 1.165) is 22.2 Å². The average molecular weight is 456 g/mol. The van der Waals surface area contributed by atoms with Crippen molar-refractivity contribution in [1.29, 1.82) is 0 Å². The highest BCUT2D eigenvalue weighted by atomic mass is 35.5. The fourth-order valence-corrected chi connectivity index (χ4v) is 3.98. The second kappa shape index (κ2) is 8.57. The first-order valence-corrected chi connectivity index (χ1v) is 9.96. The molecule has 5 nitrogen and oxygen atoms in total. The summed E-state index contributed by atoms with van der Waals surface area (Å²) in [5.41, 5.74) is 1.76. The van der Waals surface area contributed by atoms with E-state index in [2.05, 4.69) is 5.32 Å². The van der Waals surface area contributed by atoms with Crippen LogP contribution in [0.25, 0.3) is 6.08 Å². The number of hydrogen-bond donors (Lipinski definition) is 1. The molecule has 3 rings (SSSR count). The molecule has 1 heterocycles. The highest BCUT2D eigenvalue weighted by Gasteiger charge is 2.36. The summed E-state index contributed by atoms with van der Waals surface area (Å²) in [7, 11) is 0. The number of rotatable bonds is 4. The van der Waals surface area contributed by atoms with E-state index in [1.54, 1.807) is 36.4 Å². The molecule has 0 unspecified atom stereocenters. The Hall–Kier alpha value is -1.99. The number of anilines is 1. The second-order valence-electron chi connectivity index (χ2n) is 5.91. The third-order valence-electron chi connectivity index (χ3n) is 3.92. The maximum atomic E-state index is 12.6. The van der Waals surface area contributed by atoms with E-state index >= 15 is 0 Å². The predicted molar refractivity (Wildman–Crippen MR) is 114 cm³/mol. The SMILES string of the molecule is Cc1ccc(Cl)cc1NC(=O)CN1C(=O)S/C(=C/c2c(Cl)cccc2Cl)C1=O. The van der Waals surface area contributed by atoms with Gasteiger partial charge in [0, 0.05) is 26.3 Å². The van der Waals surface area contributed by atoms with Gasteiger partial charge in [-0.25, -0.2) is 0 Å². The van der Waals surface area contributed by atoms with Crippen LogP contribution in [0, 0.1) is 6.92 Å². The summed E-state index contributed by atoms with van der Waals surface area (Å²) in [5.74, 6) is -1.09. The van der Waals surface area contributed by atoms with Crippen LogP contribution in [0.15, 0.2) is 41.3 Å². The average Bonchev–Trinajstić information content (AvgIpc) is 2.89. The number of nitrogens with zero attached hydrogens (tertiary/aromatic N) is 1. The van der Waals surface area contributed by atoms with Crippen molar-refractivity contribution >= 4 is 75.4 Å². The van der Waals surface area contributed by atoms with Crippen LogP contribution in [0.5, 0.6) is 0 Å². The Balaban J connectivity index is 1.76. The van der Waals surface area contributed by atoms with Crippen molar-refractivity contribution in [2.75, 3.05) is 11.9 Å². The Labute approximate surface area is 180 Å². The molecular weight excluding hydrogens is 443 g/mol. The molecule has 0 atom stereocenters. The van der Waals surface area contributed by atoms with Crippen LogP contribution in [0.3, 0.4) is 0 Å². The molecule has 28 heavy (non-hydrogen) atoms. The van der Waals surface area contributed by atoms with E-state index in [0.29, 0.717) is 26.3 Å². The molecular formula is C19H13Cl3N2O3S. The quantitative estimate of drug-likeness (QED) is 0.607. The molecule has 2 aromatic carbocycles. The second-order valence-corrected chi connectivity index (χ2v) is 8.15. The third-order valence-corrected chi connectivity index (χ3v) is 5.73. The zero-order valence-electron chi connectivity index (χ0n) is 14.5. The lowest BCUT2D eigenvalue weighted by Gasteiger charge is -2.13. The molecule has 1 fully saturated rings. The normalized spacial score (nSPS) is 15.4. The summed E-state index contributed by atoms with van der Waals surface area (Å²) in [6, 6.07) is 9.99. The van der Waals surface area contributed by atoms with Gasteiger partial charge in [0.15, 0.2) is 0 Å². The maximum absolute atomic E-state index is 12.6. The van der Waals surface area contributed by atoms with Gasteiger partial charge >= 0.3 is 0 Å². The lowest BCUT2D eigenvalue weighted by atomic mass is 10.2. The number of nitrogens with one attached hydrogen (secondary N) is 1. The van der Waals surface area contributed by atoms with E-state index in [-0.39, 0.29) is 4.91 Å². The van der Waals surface area contributed by atoms with Gasteiger partial charge in [-0.15, -0.1) is 0 Å². The molecule has 0 bridgehead atoms. The lowest BCUT2D eigenvalue weighted by Crippen LogP contribution is -2.36. The van der Waals surface area contributed by atoms with Crippen molar-refractivity contribution < 1.29 is 14.4 Å². The Morgan fingerprint density at radius 1 is 1.14 bits per heavy atom. The largest absolute Gasteiger partial charge is 0.324 e. The molecule has 0 aromatic heterocycles. The molecule has 2 aromatic rings. The first-order valence-electron chi connectivity index (χ1n) is 8.01. The monoisotopic (exact) mass is 454 g/mol. The fourth-order valence-electron chi connectivity index (χ4n) is 2.48. The van der Waals surface area contributed by atoms with Crippen LogP contribution in [-0.4, -0.2) is 28.5 Å². The van der Waals surface area contributed by atoms with Crippen molar-refractivity contribution in [3.05, 3.63) is 67.5 Å². The van der Waals surface area contributed by atoms with Gasteiger partial charge in [0.05, 0.1) is 4.91 Å². The first-order chi connectivity index (χ1) is 13.3. The summed E-state index contributed by atoms with van der Waals surface area (Å²) in [5, 5.41) is 3.29. The zero-order valence-corrected chi connectivity index (χ0v) is 17.5. The zero-order chi connectivity index (χ0) is 20.4. The molecule has 1 aliphatic rings. The van der Waals surface area contributed by atoms with Gasteiger partial charge in [0.1, 0.15) is 6.54 Å². The van der Waals surface area contributed by atoms with Crippen LogP contribution in [0.2, 0.25) is 15.1 Å². The number of imide groups is 1. The summed E-state index contributed by atoms with van der Waals surface area (Å²) in [6.45, 7) is 1.40. The van der Waals surface area contributed by atoms with Gasteiger partial charge < -0.3 is 5.32 Å². The van der Waals surface area contributed by atoms with E-state index < -0.39 is 23.6 Å². The van der Waals surface area contributed by atoms with Crippen molar-refractivity contribution in [2.45, 2.75) is 6.92 Å². The van der Waals surface area contributed by atoms with Crippen LogP contribution in [0.4, 0.5) is 10.5 Å². The molecule has 0 aliphatic carbocycles. The van der Waals surface area contributed by atoms with Gasteiger partial charge in [0.2, 0.25) is 5.91 Å². The van der Waals surface area contributed by atoms with Gasteiger partial charge in [-0.2, -0.15) is 0 Å². The van der Waals surface area contributed by atoms with Crippen molar-refractivity contribution in [2.24, 2.45) is 0 Å². The number of amides is 3. The van der Waals surface area contributed by atoms with Crippen molar-refractivity contribution in [1.82, 2.24) is 4.90 Å². The van der Waals surface area contributed by atoms with Crippen molar-refractivity contribution in [3.63, 3.8) is 0 Å². The Bertz CT molecular complexity index is 1000. The van der Waals surface area contributed by atoms with E-state index in [9.17, 15) is 14.4 Å². The number of carbonyl (C=O) groups excluding carboxylic acids is 3. The molecule has 0 radical (unpaired) electrons. The lowest BCUT2D eigenvalue weighted by molar-refractivity contribution is -0.127. The Kier molecular flexibility index (Phi) is 6.35. The highest BCUT2D eigenvalue weighted by molar-refractivity contribution is 8.18. The van der Waals surface area contributed by atoms with Gasteiger partial charge in [-0.1, -0.05) is 46.9 Å². The van der Waals surface area contributed by atoms with Crippen LogP contribution >= 0.6 is 46.6 Å². The first kappa shape index (κ1) is 20.7. The number of thioether (sulfide) groups is 1. The topological polar surface area (TPSA) is 66.5 Å². The predicted octanol–water partition coefficient (Wildman–Crippen LogP) is 5.63. The van der Waals surface area contributed by atoms with Crippen LogP contribution in [-0.2, 0) is 9.59 Å². The molecule has 1 saturated heterocycles. The minimum atomic E-state index is -0.580. The number of hydrogen-bond acceptors (Lipinski definition) is 4. The Morgan fingerprint density at radius 2 is 1.82 bits per heavy atom.